The largest absolute Gasteiger partial charge is 0.493 e. The van der Waals surface area contributed by atoms with Crippen LogP contribution in [0.5, 0.6) is 11.5 Å². The Labute approximate surface area is 182 Å². The first-order valence-corrected chi connectivity index (χ1v) is 10.0. The van der Waals surface area contributed by atoms with Crippen molar-refractivity contribution >= 4 is 45.5 Å². The Morgan fingerprint density at radius 1 is 1.13 bits per heavy atom. The molecule has 0 bridgehead atoms. The third-order valence-electron chi connectivity index (χ3n) is 4.28. The van der Waals surface area contributed by atoms with Crippen molar-refractivity contribution in [2.24, 2.45) is 0 Å². The van der Waals surface area contributed by atoms with Crippen LogP contribution in [0.2, 0.25) is 0 Å². The van der Waals surface area contributed by atoms with Gasteiger partial charge in [0.25, 0.3) is 11.8 Å². The molecule has 8 heteroatoms. The predicted molar refractivity (Wildman–Crippen MR) is 117 cm³/mol. The van der Waals surface area contributed by atoms with Gasteiger partial charge in [-0.15, -0.1) is 0 Å². The molecule has 1 fully saturated rings. The summed E-state index contributed by atoms with van der Waals surface area (Å²) >= 11 is 3.44. The lowest BCUT2D eigenvalue weighted by Crippen LogP contribution is -2.54. The monoisotopic (exact) mass is 472 g/mol. The quantitative estimate of drug-likeness (QED) is 0.520. The molecule has 0 unspecified atom stereocenters. The molecule has 2 aromatic rings. The molecule has 0 aromatic heterocycles. The number of benzene rings is 2. The highest BCUT2D eigenvalue weighted by Gasteiger charge is 2.36. The fourth-order valence-electron chi connectivity index (χ4n) is 3.00. The first-order valence-electron chi connectivity index (χ1n) is 9.23. The third kappa shape index (κ3) is 4.38. The summed E-state index contributed by atoms with van der Waals surface area (Å²) < 4.78 is 11.8. The minimum absolute atomic E-state index is 0.0704. The van der Waals surface area contributed by atoms with Crippen molar-refractivity contribution < 1.29 is 23.9 Å². The maximum Gasteiger partial charge on any atom is 0.335 e. The molecule has 3 rings (SSSR count). The van der Waals surface area contributed by atoms with Crippen molar-refractivity contribution in [3.8, 4) is 11.5 Å². The summed E-state index contributed by atoms with van der Waals surface area (Å²) in [6.07, 6.45) is 1.35. The lowest BCUT2D eigenvalue weighted by atomic mass is 10.1. The van der Waals surface area contributed by atoms with Gasteiger partial charge in [-0.2, -0.15) is 0 Å². The Morgan fingerprint density at radius 3 is 2.50 bits per heavy atom. The molecule has 0 saturated carbocycles. The van der Waals surface area contributed by atoms with E-state index in [1.54, 1.807) is 30.3 Å². The Morgan fingerprint density at radius 2 is 1.87 bits per heavy atom. The summed E-state index contributed by atoms with van der Waals surface area (Å²) in [4.78, 5) is 38.7. The minimum atomic E-state index is -0.785. The summed E-state index contributed by atoms with van der Waals surface area (Å²) in [6.45, 7) is 5.63. The number of ether oxygens (including phenoxy) is 2. The second-order valence-corrected chi connectivity index (χ2v) is 7.85. The number of hydrogen-bond acceptors (Lipinski definition) is 5. The van der Waals surface area contributed by atoms with Crippen LogP contribution in [0.4, 0.5) is 10.5 Å². The van der Waals surface area contributed by atoms with E-state index >= 15 is 0 Å². The number of urea groups is 1. The molecule has 1 aliphatic rings. The fraction of sp³-hybridized carbons (Fsp3) is 0.227. The van der Waals surface area contributed by atoms with Crippen molar-refractivity contribution in [3.05, 3.63) is 57.6 Å². The molecule has 2 aromatic carbocycles. The highest BCUT2D eigenvalue weighted by atomic mass is 79.9. The average Bonchev–Trinajstić information content (AvgIpc) is 2.66. The molecule has 1 N–H and O–H groups in total. The third-order valence-corrected chi connectivity index (χ3v) is 4.87. The van der Waals surface area contributed by atoms with Crippen molar-refractivity contribution in [1.82, 2.24) is 5.32 Å². The molecule has 0 atom stereocenters. The Balaban J connectivity index is 2.03. The van der Waals surface area contributed by atoms with Crippen LogP contribution in [0.3, 0.4) is 0 Å². The lowest BCUT2D eigenvalue weighted by molar-refractivity contribution is -0.122. The first kappa shape index (κ1) is 21.6. The number of imide groups is 2. The second kappa shape index (κ2) is 8.71. The molecule has 1 aliphatic heterocycles. The Hall–Kier alpha value is -3.13. The summed E-state index contributed by atoms with van der Waals surface area (Å²) in [6, 6.07) is 9.50. The van der Waals surface area contributed by atoms with E-state index in [2.05, 4.69) is 21.2 Å². The van der Waals surface area contributed by atoms with Crippen LogP contribution in [0, 0.1) is 6.92 Å². The number of barbiturate groups is 1. The van der Waals surface area contributed by atoms with Gasteiger partial charge in [-0.3, -0.25) is 14.9 Å². The standard InChI is InChI=1S/C22H21BrN2O5/c1-12(2)30-19-17(23)10-14(11-18(19)29-4)9-16-20(26)24-22(28)25(21(16)27)15-7-5-6-13(3)8-15/h5-12H,1-4H3,(H,24,26,28)/b16-9+. The van der Waals surface area contributed by atoms with Crippen molar-refractivity contribution in [1.29, 1.82) is 0 Å². The van der Waals surface area contributed by atoms with Gasteiger partial charge in [0, 0.05) is 0 Å². The van der Waals surface area contributed by atoms with Gasteiger partial charge >= 0.3 is 6.03 Å². The number of nitrogens with one attached hydrogen (secondary N) is 1. The number of carbonyl (C=O) groups excluding carboxylic acids is 3. The number of rotatable bonds is 5. The van der Waals surface area contributed by atoms with Gasteiger partial charge < -0.3 is 9.47 Å². The maximum absolute atomic E-state index is 13.0. The van der Waals surface area contributed by atoms with Crippen LogP contribution >= 0.6 is 15.9 Å². The molecule has 1 heterocycles. The van der Waals surface area contributed by atoms with Crippen LogP contribution in [0.1, 0.15) is 25.0 Å². The van der Waals surface area contributed by atoms with Gasteiger partial charge in [0.2, 0.25) is 0 Å². The van der Waals surface area contributed by atoms with Gasteiger partial charge in [-0.25, -0.2) is 9.69 Å². The second-order valence-electron chi connectivity index (χ2n) is 7.00. The zero-order valence-corrected chi connectivity index (χ0v) is 18.6. The smallest absolute Gasteiger partial charge is 0.335 e. The summed E-state index contributed by atoms with van der Waals surface area (Å²) in [5.74, 6) is -0.496. The average molecular weight is 473 g/mol. The van der Waals surface area contributed by atoms with E-state index in [1.807, 2.05) is 26.8 Å². The van der Waals surface area contributed by atoms with Gasteiger partial charge in [0.1, 0.15) is 5.57 Å². The Kier molecular flexibility index (Phi) is 6.26. The maximum atomic E-state index is 13.0. The number of amides is 4. The van der Waals surface area contributed by atoms with Gasteiger partial charge in [-0.05, 0) is 78.2 Å². The van der Waals surface area contributed by atoms with Crippen LogP contribution in [0.15, 0.2) is 46.4 Å². The molecule has 4 amide bonds. The van der Waals surface area contributed by atoms with E-state index in [0.29, 0.717) is 27.2 Å². The highest BCUT2D eigenvalue weighted by Crippen LogP contribution is 2.38. The lowest BCUT2D eigenvalue weighted by Gasteiger charge is -2.26. The van der Waals surface area contributed by atoms with E-state index in [-0.39, 0.29) is 11.7 Å². The van der Waals surface area contributed by atoms with Crippen molar-refractivity contribution in [3.63, 3.8) is 0 Å². The predicted octanol–water partition coefficient (Wildman–Crippen LogP) is 4.22. The van der Waals surface area contributed by atoms with Gasteiger partial charge in [0.05, 0.1) is 23.4 Å². The number of hydrogen-bond donors (Lipinski definition) is 1. The van der Waals surface area contributed by atoms with Crippen LogP contribution < -0.4 is 19.7 Å². The molecule has 156 valence electrons. The van der Waals surface area contributed by atoms with Crippen molar-refractivity contribution in [2.45, 2.75) is 26.9 Å². The van der Waals surface area contributed by atoms with E-state index in [9.17, 15) is 14.4 Å². The van der Waals surface area contributed by atoms with E-state index in [4.69, 9.17) is 9.47 Å². The topological polar surface area (TPSA) is 84.9 Å². The van der Waals surface area contributed by atoms with Crippen LogP contribution in [0.25, 0.3) is 6.08 Å². The number of nitrogens with zero attached hydrogens (tertiary/aromatic N) is 1. The first-order chi connectivity index (χ1) is 14.2. The summed E-state index contributed by atoms with van der Waals surface area (Å²) in [5.41, 5.74) is 1.63. The molecule has 7 nitrogen and oxygen atoms in total. The molecular formula is C22H21BrN2O5. The minimum Gasteiger partial charge on any atom is -0.493 e. The molecule has 0 radical (unpaired) electrons. The van der Waals surface area contributed by atoms with Crippen LogP contribution in [-0.4, -0.2) is 31.1 Å². The molecule has 1 saturated heterocycles. The number of anilines is 1. The fourth-order valence-corrected chi connectivity index (χ4v) is 3.55. The SMILES string of the molecule is COc1cc(/C=C2\C(=O)NC(=O)N(c3cccc(C)c3)C2=O)cc(Br)c1OC(C)C. The molecular weight excluding hydrogens is 452 g/mol. The normalized spacial score (nSPS) is 15.6. The van der Waals surface area contributed by atoms with E-state index in [1.165, 1.54) is 13.2 Å². The molecule has 0 aliphatic carbocycles. The molecule has 0 spiro atoms. The van der Waals surface area contributed by atoms with E-state index < -0.39 is 17.8 Å². The number of halogens is 1. The number of aryl methyl sites for hydroxylation is 1. The van der Waals surface area contributed by atoms with Crippen molar-refractivity contribution in [2.75, 3.05) is 12.0 Å². The van der Waals surface area contributed by atoms with Crippen LogP contribution in [-0.2, 0) is 9.59 Å². The van der Waals surface area contributed by atoms with E-state index in [0.717, 1.165) is 10.5 Å². The van der Waals surface area contributed by atoms with Gasteiger partial charge in [-0.1, -0.05) is 12.1 Å². The van der Waals surface area contributed by atoms with Gasteiger partial charge in [0.15, 0.2) is 11.5 Å². The zero-order chi connectivity index (χ0) is 22.0. The Bertz CT molecular complexity index is 1060. The zero-order valence-electron chi connectivity index (χ0n) is 17.0. The number of carbonyl (C=O) groups is 3. The molecule has 30 heavy (non-hydrogen) atoms. The summed E-state index contributed by atoms with van der Waals surface area (Å²) in [5, 5.41) is 2.22. The summed E-state index contributed by atoms with van der Waals surface area (Å²) in [7, 11) is 1.50. The number of methoxy groups -OCH3 is 1. The highest BCUT2D eigenvalue weighted by molar-refractivity contribution is 9.10.